The van der Waals surface area contributed by atoms with Gasteiger partial charge < -0.3 is 10.3 Å². The first-order chi connectivity index (χ1) is 6.86. The van der Waals surface area contributed by atoms with E-state index in [1.54, 1.807) is 0 Å². The lowest BCUT2D eigenvalue weighted by molar-refractivity contribution is 0.309. The Hall–Kier alpha value is -0.830. The maximum atomic E-state index is 4.47. The van der Waals surface area contributed by atoms with Crippen molar-refractivity contribution >= 4 is 0 Å². The molecule has 3 heteroatoms. The average molecular weight is 191 g/mol. The summed E-state index contributed by atoms with van der Waals surface area (Å²) in [5.74, 6) is 0. The molecule has 0 aromatic carbocycles. The van der Waals surface area contributed by atoms with E-state index in [4.69, 9.17) is 0 Å². The average Bonchev–Trinajstić information content (AvgIpc) is 2.87. The molecule has 2 N–H and O–H groups in total. The van der Waals surface area contributed by atoms with Crippen LogP contribution in [0.1, 0.15) is 43.6 Å². The zero-order valence-corrected chi connectivity index (χ0v) is 8.64. The van der Waals surface area contributed by atoms with Crippen molar-refractivity contribution in [1.82, 2.24) is 15.3 Å². The molecule has 2 aliphatic rings. The third-order valence-corrected chi connectivity index (χ3v) is 3.96. The minimum Gasteiger partial charge on any atom is -0.348 e. The number of imidazole rings is 1. The molecule has 1 unspecified atom stereocenters. The van der Waals surface area contributed by atoms with Gasteiger partial charge in [-0.05, 0) is 24.7 Å². The summed E-state index contributed by atoms with van der Waals surface area (Å²) in [5.41, 5.74) is 3.17. The molecule has 3 rings (SSSR count). The summed E-state index contributed by atoms with van der Waals surface area (Å²) in [6, 6.07) is 0.516. The van der Waals surface area contributed by atoms with E-state index >= 15 is 0 Å². The number of aromatic amines is 1. The van der Waals surface area contributed by atoms with Crippen molar-refractivity contribution in [3.63, 3.8) is 0 Å². The van der Waals surface area contributed by atoms with E-state index in [-0.39, 0.29) is 0 Å². The molecule has 1 aliphatic heterocycles. The summed E-state index contributed by atoms with van der Waals surface area (Å²) in [5, 5.41) is 3.63. The summed E-state index contributed by atoms with van der Waals surface area (Å²) >= 11 is 0. The van der Waals surface area contributed by atoms with Gasteiger partial charge in [0.2, 0.25) is 0 Å². The number of nitrogens with zero attached hydrogens (tertiary/aromatic N) is 1. The molecular formula is C11H17N3. The minimum absolute atomic E-state index is 0.516. The zero-order valence-electron chi connectivity index (χ0n) is 8.64. The van der Waals surface area contributed by atoms with Gasteiger partial charge >= 0.3 is 0 Å². The van der Waals surface area contributed by atoms with E-state index in [1.807, 2.05) is 6.33 Å². The van der Waals surface area contributed by atoms with Crippen LogP contribution in [0, 0.1) is 5.41 Å². The largest absolute Gasteiger partial charge is 0.348 e. The summed E-state index contributed by atoms with van der Waals surface area (Å²) in [7, 11) is 0. The van der Waals surface area contributed by atoms with Crippen LogP contribution in [0.5, 0.6) is 0 Å². The predicted molar refractivity (Wildman–Crippen MR) is 55.0 cm³/mol. The van der Waals surface area contributed by atoms with Crippen LogP contribution in [0.2, 0.25) is 0 Å². The van der Waals surface area contributed by atoms with Crippen molar-refractivity contribution in [3.8, 4) is 0 Å². The summed E-state index contributed by atoms with van der Waals surface area (Å²) < 4.78 is 0. The van der Waals surface area contributed by atoms with Crippen molar-refractivity contribution in [2.24, 2.45) is 5.41 Å². The maximum Gasteiger partial charge on any atom is 0.0925 e. The summed E-state index contributed by atoms with van der Waals surface area (Å²) in [4.78, 5) is 7.73. The van der Waals surface area contributed by atoms with Crippen molar-refractivity contribution in [2.75, 3.05) is 6.54 Å². The van der Waals surface area contributed by atoms with Crippen LogP contribution in [0.15, 0.2) is 6.33 Å². The van der Waals surface area contributed by atoms with E-state index in [1.165, 1.54) is 30.7 Å². The van der Waals surface area contributed by atoms with Gasteiger partial charge in [0.05, 0.1) is 18.1 Å². The Morgan fingerprint density at radius 1 is 1.57 bits per heavy atom. The van der Waals surface area contributed by atoms with Crippen LogP contribution in [0.25, 0.3) is 0 Å². The fraction of sp³-hybridized carbons (Fsp3) is 0.727. The van der Waals surface area contributed by atoms with Gasteiger partial charge in [-0.1, -0.05) is 6.92 Å². The van der Waals surface area contributed by atoms with Crippen molar-refractivity contribution < 1.29 is 0 Å². The lowest BCUT2D eigenvalue weighted by Gasteiger charge is -2.30. The van der Waals surface area contributed by atoms with Gasteiger partial charge in [-0.2, -0.15) is 0 Å². The Labute approximate surface area is 84.3 Å². The van der Waals surface area contributed by atoms with Crippen LogP contribution in [0.4, 0.5) is 0 Å². The summed E-state index contributed by atoms with van der Waals surface area (Å²) in [6.07, 6.45) is 6.96. The van der Waals surface area contributed by atoms with Gasteiger partial charge in [-0.3, -0.25) is 0 Å². The van der Waals surface area contributed by atoms with Gasteiger partial charge in [0.1, 0.15) is 0 Å². The van der Waals surface area contributed by atoms with Crippen molar-refractivity contribution in [2.45, 2.75) is 38.6 Å². The number of rotatable bonds is 2. The molecular weight excluding hydrogens is 174 g/mol. The molecule has 14 heavy (non-hydrogen) atoms. The normalized spacial score (nSPS) is 28.5. The smallest absolute Gasteiger partial charge is 0.0925 e. The molecule has 1 aliphatic carbocycles. The first-order valence-corrected chi connectivity index (χ1v) is 5.61. The minimum atomic E-state index is 0.516. The van der Waals surface area contributed by atoms with Gasteiger partial charge in [0.15, 0.2) is 0 Å². The first kappa shape index (κ1) is 8.48. The number of H-pyrrole nitrogens is 1. The molecule has 3 nitrogen and oxygen atoms in total. The summed E-state index contributed by atoms with van der Waals surface area (Å²) in [6.45, 7) is 3.40. The molecule has 1 saturated carbocycles. The highest BCUT2D eigenvalue weighted by Crippen LogP contribution is 2.57. The molecule has 0 saturated heterocycles. The molecule has 76 valence electrons. The highest BCUT2D eigenvalue weighted by atomic mass is 15.0. The molecule has 1 atom stereocenters. The maximum absolute atomic E-state index is 4.47. The monoisotopic (exact) mass is 191 g/mol. The van der Waals surface area contributed by atoms with Crippen LogP contribution in [-0.2, 0) is 6.42 Å². The molecule has 0 radical (unpaired) electrons. The van der Waals surface area contributed by atoms with Gasteiger partial charge in [0, 0.05) is 18.7 Å². The molecule has 0 spiro atoms. The highest BCUT2D eigenvalue weighted by Gasteiger charge is 2.50. The molecule has 2 heterocycles. The quantitative estimate of drug-likeness (QED) is 0.748. The Morgan fingerprint density at radius 3 is 3.14 bits per heavy atom. The third kappa shape index (κ3) is 1.05. The Kier molecular flexibility index (Phi) is 1.71. The highest BCUT2D eigenvalue weighted by molar-refractivity contribution is 5.24. The van der Waals surface area contributed by atoms with Crippen LogP contribution >= 0.6 is 0 Å². The first-order valence-electron chi connectivity index (χ1n) is 5.61. The van der Waals surface area contributed by atoms with Gasteiger partial charge in [-0.15, -0.1) is 0 Å². The third-order valence-electron chi connectivity index (χ3n) is 3.96. The number of fused-ring (bicyclic) bond motifs is 1. The van der Waals surface area contributed by atoms with Crippen LogP contribution in [-0.4, -0.2) is 16.5 Å². The van der Waals surface area contributed by atoms with E-state index in [0.717, 1.165) is 13.0 Å². The predicted octanol–water partition coefficient (Wildman–Crippen LogP) is 1.79. The topological polar surface area (TPSA) is 40.7 Å². The van der Waals surface area contributed by atoms with Crippen LogP contribution in [0.3, 0.4) is 0 Å². The van der Waals surface area contributed by atoms with Crippen LogP contribution < -0.4 is 5.32 Å². The van der Waals surface area contributed by atoms with Gasteiger partial charge in [0.25, 0.3) is 0 Å². The fourth-order valence-electron chi connectivity index (χ4n) is 2.73. The second-order valence-electron chi connectivity index (χ2n) is 4.62. The number of aromatic nitrogens is 2. The number of hydrogen-bond donors (Lipinski definition) is 2. The lowest BCUT2D eigenvalue weighted by atomic mass is 9.87. The Morgan fingerprint density at radius 2 is 2.43 bits per heavy atom. The molecule has 1 aromatic rings. The second kappa shape index (κ2) is 2.83. The van der Waals surface area contributed by atoms with E-state index in [2.05, 4.69) is 22.2 Å². The molecule has 0 amide bonds. The Balaban J connectivity index is 1.96. The van der Waals surface area contributed by atoms with Crippen molar-refractivity contribution in [1.29, 1.82) is 0 Å². The van der Waals surface area contributed by atoms with Gasteiger partial charge in [-0.25, -0.2) is 4.98 Å². The van der Waals surface area contributed by atoms with Crippen molar-refractivity contribution in [3.05, 3.63) is 17.7 Å². The molecule has 1 fully saturated rings. The van der Waals surface area contributed by atoms with E-state index in [9.17, 15) is 0 Å². The zero-order chi connectivity index (χ0) is 9.60. The molecule has 0 bridgehead atoms. The van der Waals surface area contributed by atoms with E-state index in [0.29, 0.717) is 11.5 Å². The Bertz CT molecular complexity index is 338. The second-order valence-corrected chi connectivity index (χ2v) is 4.62. The number of hydrogen-bond acceptors (Lipinski definition) is 2. The standard InChI is InChI=1S/C11H17N3/c1-2-11(4-5-11)10-9-8(3-6-12-10)13-7-14-9/h7,10,12H,2-6H2,1H3,(H,13,14). The number of nitrogens with one attached hydrogen (secondary N) is 2. The SMILES string of the molecule is CCC1(C2NCCc3[nH]cnc32)CC1. The van der Waals surface area contributed by atoms with E-state index < -0.39 is 0 Å². The fourth-order valence-corrected chi connectivity index (χ4v) is 2.73. The lowest BCUT2D eigenvalue weighted by Crippen LogP contribution is -2.35. The molecule has 1 aromatic heterocycles.